The Hall–Kier alpha value is -2.12. The van der Waals surface area contributed by atoms with E-state index in [2.05, 4.69) is 20.3 Å². The van der Waals surface area contributed by atoms with Crippen LogP contribution in [0.25, 0.3) is 10.6 Å². The second-order valence-electron chi connectivity index (χ2n) is 5.46. The molecular weight excluding hydrogens is 328 g/mol. The number of hydrogen-bond donors (Lipinski definition) is 1. The molecule has 1 saturated carbocycles. The summed E-state index contributed by atoms with van der Waals surface area (Å²) in [4.78, 5) is 25.2. The summed E-state index contributed by atoms with van der Waals surface area (Å²) in [5.41, 5.74) is 2.85. The van der Waals surface area contributed by atoms with Crippen LogP contribution in [0.2, 0.25) is 0 Å². The van der Waals surface area contributed by atoms with Gasteiger partial charge in [-0.25, -0.2) is 9.97 Å². The van der Waals surface area contributed by atoms with Crippen molar-refractivity contribution in [3.8, 4) is 10.6 Å². The molecule has 5 nitrogen and oxygen atoms in total. The quantitative estimate of drug-likeness (QED) is 0.767. The lowest BCUT2D eigenvalue weighted by atomic mass is 10.3. The largest absolute Gasteiger partial charge is 0.302 e. The van der Waals surface area contributed by atoms with Gasteiger partial charge >= 0.3 is 0 Å². The summed E-state index contributed by atoms with van der Waals surface area (Å²) in [7, 11) is 0. The maximum Gasteiger partial charge on any atom is 0.232 e. The summed E-state index contributed by atoms with van der Waals surface area (Å²) in [6, 6.07) is 3.84. The molecular formula is C16H14N4OS2. The van der Waals surface area contributed by atoms with Crippen molar-refractivity contribution in [3.63, 3.8) is 0 Å². The van der Waals surface area contributed by atoms with E-state index in [0.29, 0.717) is 11.0 Å². The van der Waals surface area contributed by atoms with E-state index < -0.39 is 0 Å². The molecule has 1 amide bonds. The van der Waals surface area contributed by atoms with Gasteiger partial charge in [0.15, 0.2) is 5.13 Å². The van der Waals surface area contributed by atoms with Crippen LogP contribution < -0.4 is 5.32 Å². The van der Waals surface area contributed by atoms with E-state index in [4.69, 9.17) is 0 Å². The number of amides is 1. The van der Waals surface area contributed by atoms with Gasteiger partial charge in [0.1, 0.15) is 5.01 Å². The van der Waals surface area contributed by atoms with Gasteiger partial charge in [0.2, 0.25) is 5.91 Å². The molecule has 4 rings (SSSR count). The van der Waals surface area contributed by atoms with Crippen molar-refractivity contribution >= 4 is 33.7 Å². The SMILES string of the molecule is O=C(Cc1csc(-c2cccnc2)n1)Nc1nc(C2CC2)cs1. The molecule has 0 aliphatic heterocycles. The number of thiazole rings is 2. The molecule has 23 heavy (non-hydrogen) atoms. The van der Waals surface area contributed by atoms with E-state index in [0.717, 1.165) is 22.0 Å². The van der Waals surface area contributed by atoms with Crippen LogP contribution in [-0.2, 0) is 11.2 Å². The van der Waals surface area contributed by atoms with Crippen molar-refractivity contribution in [2.45, 2.75) is 25.2 Å². The third-order valence-corrected chi connectivity index (χ3v) is 5.28. The van der Waals surface area contributed by atoms with E-state index in [1.165, 1.54) is 35.5 Å². The number of aromatic nitrogens is 3. The van der Waals surface area contributed by atoms with Crippen LogP contribution in [0, 0.1) is 0 Å². The number of anilines is 1. The zero-order chi connectivity index (χ0) is 15.6. The molecule has 0 saturated heterocycles. The third kappa shape index (κ3) is 3.46. The van der Waals surface area contributed by atoms with Gasteiger partial charge < -0.3 is 5.32 Å². The van der Waals surface area contributed by atoms with Crippen LogP contribution in [0.1, 0.15) is 30.1 Å². The first-order valence-corrected chi connectivity index (χ1v) is 9.14. The Morgan fingerprint density at radius 2 is 2.17 bits per heavy atom. The van der Waals surface area contributed by atoms with E-state index in [1.807, 2.05) is 22.9 Å². The van der Waals surface area contributed by atoms with Crippen molar-refractivity contribution in [1.29, 1.82) is 0 Å². The first kappa shape index (κ1) is 14.5. The molecule has 0 unspecified atom stereocenters. The zero-order valence-electron chi connectivity index (χ0n) is 12.2. The number of pyridine rings is 1. The number of nitrogens with zero attached hydrogens (tertiary/aromatic N) is 3. The number of carbonyl (C=O) groups excluding carboxylic acids is 1. The highest BCUT2D eigenvalue weighted by molar-refractivity contribution is 7.14. The molecule has 0 bridgehead atoms. The van der Waals surface area contributed by atoms with Crippen LogP contribution in [0.5, 0.6) is 0 Å². The molecule has 1 N–H and O–H groups in total. The monoisotopic (exact) mass is 342 g/mol. The van der Waals surface area contributed by atoms with E-state index in [9.17, 15) is 4.79 Å². The van der Waals surface area contributed by atoms with Gasteiger partial charge in [-0.2, -0.15) is 0 Å². The molecule has 116 valence electrons. The molecule has 0 spiro atoms. The van der Waals surface area contributed by atoms with Gasteiger partial charge in [0.25, 0.3) is 0 Å². The number of carbonyl (C=O) groups is 1. The first-order chi connectivity index (χ1) is 11.3. The van der Waals surface area contributed by atoms with Crippen LogP contribution in [0.3, 0.4) is 0 Å². The van der Waals surface area contributed by atoms with Crippen LogP contribution in [-0.4, -0.2) is 20.9 Å². The molecule has 1 aliphatic carbocycles. The maximum absolute atomic E-state index is 12.1. The Bertz CT molecular complexity index is 823. The highest BCUT2D eigenvalue weighted by Gasteiger charge is 2.26. The van der Waals surface area contributed by atoms with Gasteiger partial charge in [-0.05, 0) is 25.0 Å². The normalized spacial score (nSPS) is 13.9. The lowest BCUT2D eigenvalue weighted by molar-refractivity contribution is -0.115. The average molecular weight is 342 g/mol. The Labute approximate surface area is 141 Å². The number of rotatable bonds is 5. The summed E-state index contributed by atoms with van der Waals surface area (Å²) in [5.74, 6) is 0.530. The zero-order valence-corrected chi connectivity index (χ0v) is 13.9. The Kier molecular flexibility index (Phi) is 3.88. The van der Waals surface area contributed by atoms with Crippen LogP contribution in [0.15, 0.2) is 35.3 Å². The van der Waals surface area contributed by atoms with Gasteiger partial charge in [0, 0.05) is 34.6 Å². The molecule has 3 aromatic rings. The second-order valence-corrected chi connectivity index (χ2v) is 7.18. The molecule has 0 aromatic carbocycles. The highest BCUT2D eigenvalue weighted by Crippen LogP contribution is 2.40. The van der Waals surface area contributed by atoms with Gasteiger partial charge in [0.05, 0.1) is 17.8 Å². The topological polar surface area (TPSA) is 67.8 Å². The predicted molar refractivity (Wildman–Crippen MR) is 91.8 cm³/mol. The third-order valence-electron chi connectivity index (χ3n) is 3.57. The highest BCUT2D eigenvalue weighted by atomic mass is 32.1. The fourth-order valence-corrected chi connectivity index (χ4v) is 3.87. The lowest BCUT2D eigenvalue weighted by Gasteiger charge is -1.99. The molecule has 1 fully saturated rings. The average Bonchev–Trinajstić information content (AvgIpc) is 3.14. The molecule has 0 radical (unpaired) electrons. The lowest BCUT2D eigenvalue weighted by Crippen LogP contribution is -2.14. The van der Waals surface area contributed by atoms with E-state index >= 15 is 0 Å². The summed E-state index contributed by atoms with van der Waals surface area (Å²) >= 11 is 3.01. The fourth-order valence-electron chi connectivity index (χ4n) is 2.25. The van der Waals surface area contributed by atoms with Crippen molar-refractivity contribution in [2.75, 3.05) is 5.32 Å². The maximum atomic E-state index is 12.1. The standard InChI is InChI=1S/C16H14N4OS2/c21-14(20-16-19-13(9-23-16)10-3-4-10)6-12-8-22-15(18-12)11-2-1-5-17-7-11/h1-2,5,7-10H,3-4,6H2,(H,19,20,21). The van der Waals surface area contributed by atoms with Gasteiger partial charge in [-0.3, -0.25) is 9.78 Å². The minimum atomic E-state index is -0.0790. The van der Waals surface area contributed by atoms with Crippen LogP contribution in [0.4, 0.5) is 5.13 Å². The Morgan fingerprint density at radius 3 is 2.96 bits per heavy atom. The molecule has 3 aromatic heterocycles. The summed E-state index contributed by atoms with van der Waals surface area (Å²) in [6.45, 7) is 0. The van der Waals surface area contributed by atoms with E-state index in [1.54, 1.807) is 12.4 Å². The van der Waals surface area contributed by atoms with Crippen molar-refractivity contribution in [3.05, 3.63) is 46.7 Å². The molecule has 1 aliphatic rings. The van der Waals surface area contributed by atoms with Crippen molar-refractivity contribution < 1.29 is 4.79 Å². The van der Waals surface area contributed by atoms with Crippen molar-refractivity contribution in [2.24, 2.45) is 0 Å². The molecule has 7 heteroatoms. The minimum absolute atomic E-state index is 0.0790. The fraction of sp³-hybridized carbons (Fsp3) is 0.250. The number of nitrogens with one attached hydrogen (secondary N) is 1. The second kappa shape index (κ2) is 6.17. The van der Waals surface area contributed by atoms with Crippen LogP contribution >= 0.6 is 22.7 Å². The first-order valence-electron chi connectivity index (χ1n) is 7.38. The van der Waals surface area contributed by atoms with Gasteiger partial charge in [-0.1, -0.05) is 0 Å². The summed E-state index contributed by atoms with van der Waals surface area (Å²) in [5, 5.41) is 8.38. The Morgan fingerprint density at radius 1 is 1.26 bits per heavy atom. The number of hydrogen-bond acceptors (Lipinski definition) is 6. The summed E-state index contributed by atoms with van der Waals surface area (Å²) in [6.07, 6.45) is 6.20. The predicted octanol–water partition coefficient (Wildman–Crippen LogP) is 3.72. The van der Waals surface area contributed by atoms with Crippen molar-refractivity contribution in [1.82, 2.24) is 15.0 Å². The molecule has 3 heterocycles. The summed E-state index contributed by atoms with van der Waals surface area (Å²) < 4.78 is 0. The van der Waals surface area contributed by atoms with Gasteiger partial charge in [-0.15, -0.1) is 22.7 Å². The van der Waals surface area contributed by atoms with E-state index in [-0.39, 0.29) is 12.3 Å². The molecule has 0 atom stereocenters. The Balaban J connectivity index is 1.39. The smallest absolute Gasteiger partial charge is 0.232 e. The minimum Gasteiger partial charge on any atom is -0.302 e.